The lowest BCUT2D eigenvalue weighted by Crippen LogP contribution is -2.29. The van der Waals surface area contributed by atoms with Crippen LogP contribution in [0.4, 0.5) is 0 Å². The van der Waals surface area contributed by atoms with E-state index in [0.29, 0.717) is 6.04 Å². The van der Waals surface area contributed by atoms with Gasteiger partial charge in [-0.1, -0.05) is 0 Å². The highest BCUT2D eigenvalue weighted by Gasteiger charge is 2.11. The first kappa shape index (κ1) is 11.9. The first-order chi connectivity index (χ1) is 8.25. The second kappa shape index (κ2) is 5.63. The van der Waals surface area contributed by atoms with Crippen molar-refractivity contribution in [2.24, 2.45) is 0 Å². The topological polar surface area (TPSA) is 55.9 Å². The predicted octanol–water partition coefficient (Wildman–Crippen LogP) is 2.00. The summed E-state index contributed by atoms with van der Waals surface area (Å²) in [5.74, 6) is 0.970. The van der Waals surface area contributed by atoms with Crippen molar-refractivity contribution < 1.29 is 4.42 Å². The van der Waals surface area contributed by atoms with E-state index < -0.39 is 0 Å². The largest absolute Gasteiger partial charge is 0.468 e. The van der Waals surface area contributed by atoms with E-state index in [4.69, 9.17) is 4.42 Å². The van der Waals surface area contributed by atoms with E-state index in [1.807, 2.05) is 16.8 Å². The fourth-order valence-electron chi connectivity index (χ4n) is 1.80. The number of aryl methyl sites for hydroxylation is 1. The highest BCUT2D eigenvalue weighted by Crippen LogP contribution is 2.13. The Labute approximate surface area is 101 Å². The van der Waals surface area contributed by atoms with E-state index in [0.717, 1.165) is 18.7 Å². The van der Waals surface area contributed by atoms with Gasteiger partial charge in [-0.3, -0.25) is 4.68 Å². The van der Waals surface area contributed by atoms with Crippen LogP contribution in [0, 0.1) is 0 Å². The Hall–Kier alpha value is -1.62. The predicted molar refractivity (Wildman–Crippen MR) is 64.4 cm³/mol. The van der Waals surface area contributed by atoms with Crippen LogP contribution in [0.1, 0.15) is 32.1 Å². The first-order valence-corrected chi connectivity index (χ1v) is 5.87. The molecule has 2 heterocycles. The van der Waals surface area contributed by atoms with Crippen LogP contribution in [-0.4, -0.2) is 20.8 Å². The van der Waals surface area contributed by atoms with Gasteiger partial charge in [0.1, 0.15) is 18.4 Å². The van der Waals surface area contributed by atoms with Crippen LogP contribution in [0.3, 0.4) is 0 Å². The third-order valence-corrected chi connectivity index (χ3v) is 2.76. The monoisotopic (exact) mass is 234 g/mol. The van der Waals surface area contributed by atoms with E-state index >= 15 is 0 Å². The zero-order chi connectivity index (χ0) is 12.1. The summed E-state index contributed by atoms with van der Waals surface area (Å²) in [6, 6.07) is 4.53. The number of nitrogens with one attached hydrogen (secondary N) is 1. The van der Waals surface area contributed by atoms with Crippen molar-refractivity contribution in [2.45, 2.75) is 38.9 Å². The summed E-state index contributed by atoms with van der Waals surface area (Å²) in [6.45, 7) is 5.14. The van der Waals surface area contributed by atoms with Crippen molar-refractivity contribution in [1.29, 1.82) is 0 Å². The molecule has 2 unspecified atom stereocenters. The van der Waals surface area contributed by atoms with E-state index in [1.54, 1.807) is 18.9 Å². The Bertz CT molecular complexity index is 410. The Kier molecular flexibility index (Phi) is 3.93. The third-order valence-electron chi connectivity index (χ3n) is 2.76. The molecule has 92 valence electrons. The normalized spacial score (nSPS) is 14.7. The van der Waals surface area contributed by atoms with Gasteiger partial charge in [-0.25, -0.2) is 4.98 Å². The maximum absolute atomic E-state index is 5.36. The molecule has 0 aliphatic rings. The molecule has 0 saturated carbocycles. The Morgan fingerprint density at radius 3 is 3.00 bits per heavy atom. The van der Waals surface area contributed by atoms with Crippen molar-refractivity contribution in [3.63, 3.8) is 0 Å². The fraction of sp³-hybridized carbons (Fsp3) is 0.500. The average Bonchev–Trinajstić information content (AvgIpc) is 2.99. The van der Waals surface area contributed by atoms with Crippen LogP contribution < -0.4 is 5.32 Å². The molecular weight excluding hydrogens is 216 g/mol. The van der Waals surface area contributed by atoms with Gasteiger partial charge in [-0.15, -0.1) is 0 Å². The lowest BCUT2D eigenvalue weighted by molar-refractivity contribution is 0.374. The lowest BCUT2D eigenvalue weighted by Gasteiger charge is -2.18. The second-order valence-corrected chi connectivity index (χ2v) is 4.25. The number of furan rings is 1. The number of hydrogen-bond acceptors (Lipinski definition) is 4. The first-order valence-electron chi connectivity index (χ1n) is 5.87. The molecule has 0 spiro atoms. The standard InChI is InChI=1S/C12H18N4O/c1-10(5-6-16-9-13-8-14-16)15-11(2)12-4-3-7-17-12/h3-4,7-11,15H,5-6H2,1-2H3. The quantitative estimate of drug-likeness (QED) is 0.830. The molecule has 1 N–H and O–H groups in total. The van der Waals surface area contributed by atoms with Crippen LogP contribution in [0.5, 0.6) is 0 Å². The molecule has 0 saturated heterocycles. The van der Waals surface area contributed by atoms with Crippen molar-refractivity contribution in [3.05, 3.63) is 36.8 Å². The Morgan fingerprint density at radius 1 is 1.47 bits per heavy atom. The van der Waals surface area contributed by atoms with Crippen molar-refractivity contribution in [2.75, 3.05) is 0 Å². The fourth-order valence-corrected chi connectivity index (χ4v) is 1.80. The zero-order valence-corrected chi connectivity index (χ0v) is 10.2. The molecule has 0 aromatic carbocycles. The van der Waals surface area contributed by atoms with Crippen molar-refractivity contribution in [3.8, 4) is 0 Å². The van der Waals surface area contributed by atoms with E-state index in [1.165, 1.54) is 0 Å². The number of aromatic nitrogens is 3. The van der Waals surface area contributed by atoms with Gasteiger partial charge in [0, 0.05) is 12.6 Å². The number of hydrogen-bond donors (Lipinski definition) is 1. The summed E-state index contributed by atoms with van der Waals surface area (Å²) < 4.78 is 7.20. The van der Waals surface area contributed by atoms with E-state index in [-0.39, 0.29) is 6.04 Å². The van der Waals surface area contributed by atoms with Crippen LogP contribution in [0.15, 0.2) is 35.5 Å². The lowest BCUT2D eigenvalue weighted by atomic mass is 10.2. The third kappa shape index (κ3) is 3.42. The minimum Gasteiger partial charge on any atom is -0.468 e. The van der Waals surface area contributed by atoms with Crippen molar-refractivity contribution >= 4 is 0 Å². The molecule has 2 rings (SSSR count). The molecule has 2 aromatic heterocycles. The highest BCUT2D eigenvalue weighted by molar-refractivity contribution is 5.03. The van der Waals surface area contributed by atoms with Gasteiger partial charge in [0.2, 0.25) is 0 Å². The minimum atomic E-state index is 0.232. The zero-order valence-electron chi connectivity index (χ0n) is 10.2. The molecule has 5 heteroatoms. The van der Waals surface area contributed by atoms with Crippen LogP contribution in [-0.2, 0) is 6.54 Å². The summed E-state index contributed by atoms with van der Waals surface area (Å²) in [4.78, 5) is 3.92. The average molecular weight is 234 g/mol. The molecule has 0 fully saturated rings. The van der Waals surface area contributed by atoms with Crippen molar-refractivity contribution in [1.82, 2.24) is 20.1 Å². The van der Waals surface area contributed by atoms with Gasteiger partial charge in [0.25, 0.3) is 0 Å². The maximum atomic E-state index is 5.36. The molecule has 0 amide bonds. The van der Waals surface area contributed by atoms with Crippen LogP contribution in [0.25, 0.3) is 0 Å². The van der Waals surface area contributed by atoms with E-state index in [2.05, 4.69) is 29.2 Å². The molecule has 2 atom stereocenters. The molecule has 2 aromatic rings. The summed E-state index contributed by atoms with van der Waals surface area (Å²) in [5, 5.41) is 7.57. The number of nitrogens with zero attached hydrogens (tertiary/aromatic N) is 3. The maximum Gasteiger partial charge on any atom is 0.137 e. The van der Waals surface area contributed by atoms with Gasteiger partial charge in [0.05, 0.1) is 12.3 Å². The summed E-state index contributed by atoms with van der Waals surface area (Å²) in [7, 11) is 0. The summed E-state index contributed by atoms with van der Waals surface area (Å²) in [6.07, 6.45) is 6.01. The van der Waals surface area contributed by atoms with Gasteiger partial charge >= 0.3 is 0 Å². The molecule has 5 nitrogen and oxygen atoms in total. The minimum absolute atomic E-state index is 0.232. The molecular formula is C12H18N4O. The smallest absolute Gasteiger partial charge is 0.137 e. The second-order valence-electron chi connectivity index (χ2n) is 4.25. The van der Waals surface area contributed by atoms with Gasteiger partial charge < -0.3 is 9.73 Å². The van der Waals surface area contributed by atoms with E-state index in [9.17, 15) is 0 Å². The summed E-state index contributed by atoms with van der Waals surface area (Å²) in [5.41, 5.74) is 0. The molecule has 0 radical (unpaired) electrons. The van der Waals surface area contributed by atoms with Crippen LogP contribution >= 0.6 is 0 Å². The molecule has 0 bridgehead atoms. The molecule has 0 aliphatic carbocycles. The van der Waals surface area contributed by atoms with Crippen LogP contribution in [0.2, 0.25) is 0 Å². The summed E-state index contributed by atoms with van der Waals surface area (Å²) >= 11 is 0. The highest BCUT2D eigenvalue weighted by atomic mass is 16.3. The van der Waals surface area contributed by atoms with Gasteiger partial charge in [-0.05, 0) is 32.4 Å². The number of rotatable bonds is 6. The SMILES string of the molecule is CC(CCn1cncn1)NC(C)c1ccco1. The Morgan fingerprint density at radius 2 is 2.35 bits per heavy atom. The van der Waals surface area contributed by atoms with Gasteiger partial charge in [0.15, 0.2) is 0 Å². The molecule has 0 aliphatic heterocycles. The van der Waals surface area contributed by atoms with Gasteiger partial charge in [-0.2, -0.15) is 5.10 Å². The Balaban J connectivity index is 1.75. The molecule has 17 heavy (non-hydrogen) atoms.